The summed E-state index contributed by atoms with van der Waals surface area (Å²) in [4.78, 5) is 17.2. The quantitative estimate of drug-likeness (QED) is 0.558. The summed E-state index contributed by atoms with van der Waals surface area (Å²) >= 11 is 0. The molecule has 1 fully saturated rings. The van der Waals surface area contributed by atoms with Gasteiger partial charge in [0.1, 0.15) is 0 Å². The molecule has 0 radical (unpaired) electrons. The number of amides is 1. The second-order valence-corrected chi connectivity index (χ2v) is 7.29. The van der Waals surface area contributed by atoms with Gasteiger partial charge in [-0.05, 0) is 48.6 Å². The largest absolute Gasteiger partial charge is 0.348 e. The average Bonchev–Trinajstić information content (AvgIpc) is 3.62. The molecule has 1 aliphatic rings. The van der Waals surface area contributed by atoms with Crippen molar-refractivity contribution in [1.82, 2.24) is 10.3 Å². The molecule has 1 N–H and O–H groups in total. The van der Waals surface area contributed by atoms with Crippen molar-refractivity contribution in [1.29, 1.82) is 0 Å². The minimum Gasteiger partial charge on any atom is -0.348 e. The molecule has 1 aromatic heterocycles. The van der Waals surface area contributed by atoms with Gasteiger partial charge in [-0.3, -0.25) is 9.78 Å². The van der Waals surface area contributed by atoms with E-state index < -0.39 is 0 Å². The van der Waals surface area contributed by atoms with E-state index in [0.29, 0.717) is 12.3 Å². The van der Waals surface area contributed by atoms with Crippen molar-refractivity contribution in [2.24, 2.45) is 0 Å². The molecular formula is C26H30N2O. The smallest absolute Gasteiger partial charge is 0.224 e. The van der Waals surface area contributed by atoms with Crippen LogP contribution in [0.15, 0.2) is 72.8 Å². The molecule has 0 aliphatic heterocycles. The highest BCUT2D eigenvalue weighted by atomic mass is 16.1. The van der Waals surface area contributed by atoms with E-state index in [1.807, 2.05) is 63.2 Å². The molecule has 0 spiro atoms. The Kier molecular flexibility index (Phi) is 7.18. The van der Waals surface area contributed by atoms with Crippen LogP contribution in [0.4, 0.5) is 0 Å². The Morgan fingerprint density at radius 1 is 0.931 bits per heavy atom. The third-order valence-electron chi connectivity index (χ3n) is 5.03. The number of nitrogens with one attached hydrogen (secondary N) is 1. The maximum atomic E-state index is 12.4. The lowest BCUT2D eigenvalue weighted by molar-refractivity contribution is -0.121. The van der Waals surface area contributed by atoms with Crippen LogP contribution in [0.2, 0.25) is 0 Å². The lowest BCUT2D eigenvalue weighted by Gasteiger charge is -2.14. The highest BCUT2D eigenvalue weighted by Gasteiger charge is 2.25. The Hall–Kier alpha value is -2.94. The van der Waals surface area contributed by atoms with Crippen molar-refractivity contribution >= 4 is 5.91 Å². The van der Waals surface area contributed by atoms with Crippen LogP contribution in [-0.2, 0) is 11.2 Å². The van der Waals surface area contributed by atoms with E-state index >= 15 is 0 Å². The van der Waals surface area contributed by atoms with Gasteiger partial charge < -0.3 is 5.32 Å². The zero-order chi connectivity index (χ0) is 20.6. The molecule has 1 heterocycles. The topological polar surface area (TPSA) is 42.0 Å². The Morgan fingerprint density at radius 2 is 1.59 bits per heavy atom. The van der Waals surface area contributed by atoms with E-state index in [-0.39, 0.29) is 11.9 Å². The summed E-state index contributed by atoms with van der Waals surface area (Å²) in [6, 6.07) is 24.5. The first kappa shape index (κ1) is 20.8. The number of carbonyl (C=O) groups excluding carboxylic acids is 1. The monoisotopic (exact) mass is 386 g/mol. The summed E-state index contributed by atoms with van der Waals surface area (Å²) in [6.45, 7) is 6.00. The number of pyridine rings is 1. The SMILES string of the molecule is CC.CC(NC(=O)Cc1ccc(-c2ccccc2)cc1)c1cccc(C2CC2)n1. The van der Waals surface area contributed by atoms with Gasteiger partial charge in [-0.2, -0.15) is 0 Å². The predicted octanol–water partition coefficient (Wildman–Crippen LogP) is 6.07. The molecule has 2 aromatic carbocycles. The van der Waals surface area contributed by atoms with E-state index in [4.69, 9.17) is 4.98 Å². The van der Waals surface area contributed by atoms with Crippen molar-refractivity contribution in [2.75, 3.05) is 0 Å². The first-order valence-electron chi connectivity index (χ1n) is 10.6. The summed E-state index contributed by atoms with van der Waals surface area (Å²) in [5.41, 5.74) is 5.45. The summed E-state index contributed by atoms with van der Waals surface area (Å²) in [7, 11) is 0. The third kappa shape index (κ3) is 5.77. The van der Waals surface area contributed by atoms with Crippen LogP contribution in [0.1, 0.15) is 62.5 Å². The number of aromatic nitrogens is 1. The normalized spacial score (nSPS) is 13.8. The first-order chi connectivity index (χ1) is 14.2. The first-order valence-corrected chi connectivity index (χ1v) is 10.6. The molecule has 29 heavy (non-hydrogen) atoms. The van der Waals surface area contributed by atoms with E-state index in [9.17, 15) is 4.79 Å². The summed E-state index contributed by atoms with van der Waals surface area (Å²) < 4.78 is 0. The van der Waals surface area contributed by atoms with Gasteiger partial charge in [0.2, 0.25) is 5.91 Å². The molecule has 1 atom stereocenters. The average molecular weight is 387 g/mol. The number of rotatable bonds is 6. The second kappa shape index (κ2) is 10.0. The molecular weight excluding hydrogens is 356 g/mol. The molecule has 1 saturated carbocycles. The Bertz CT molecular complexity index is 915. The lowest BCUT2D eigenvalue weighted by atomic mass is 10.0. The van der Waals surface area contributed by atoms with Gasteiger partial charge in [0.25, 0.3) is 0 Å². The fraction of sp³-hybridized carbons (Fsp3) is 0.308. The summed E-state index contributed by atoms with van der Waals surface area (Å²) in [6.07, 6.45) is 2.84. The van der Waals surface area contributed by atoms with E-state index in [1.54, 1.807) is 0 Å². The molecule has 4 rings (SSSR count). The Labute approximate surface area is 174 Å². The van der Waals surface area contributed by atoms with Crippen LogP contribution in [0.3, 0.4) is 0 Å². The van der Waals surface area contributed by atoms with E-state index in [0.717, 1.165) is 22.5 Å². The number of nitrogens with zero attached hydrogens (tertiary/aromatic N) is 1. The molecule has 0 bridgehead atoms. The molecule has 3 nitrogen and oxygen atoms in total. The second-order valence-electron chi connectivity index (χ2n) is 7.29. The number of hydrogen-bond donors (Lipinski definition) is 1. The third-order valence-corrected chi connectivity index (χ3v) is 5.03. The molecule has 3 heteroatoms. The Balaban J connectivity index is 0.00000117. The maximum absolute atomic E-state index is 12.4. The molecule has 1 unspecified atom stereocenters. The minimum atomic E-state index is -0.0835. The van der Waals surface area contributed by atoms with Crippen LogP contribution in [0.5, 0.6) is 0 Å². The van der Waals surface area contributed by atoms with Gasteiger partial charge in [-0.15, -0.1) is 0 Å². The predicted molar refractivity (Wildman–Crippen MR) is 120 cm³/mol. The zero-order valence-electron chi connectivity index (χ0n) is 17.6. The van der Waals surface area contributed by atoms with Crippen LogP contribution >= 0.6 is 0 Å². The van der Waals surface area contributed by atoms with Gasteiger partial charge in [0.15, 0.2) is 0 Å². The molecule has 1 amide bonds. The standard InChI is InChI=1S/C24H24N2O.C2H6/c1-17(22-8-5-9-23(26-22)21-14-15-21)25-24(27)16-18-10-12-20(13-11-18)19-6-3-2-4-7-19;1-2/h2-13,17,21H,14-16H2,1H3,(H,25,27);1-2H3. The maximum Gasteiger partial charge on any atom is 0.224 e. The van der Waals surface area contributed by atoms with Crippen molar-refractivity contribution in [3.05, 3.63) is 89.7 Å². The fourth-order valence-corrected chi connectivity index (χ4v) is 3.31. The highest BCUT2D eigenvalue weighted by Crippen LogP contribution is 2.39. The zero-order valence-corrected chi connectivity index (χ0v) is 17.6. The number of hydrogen-bond acceptors (Lipinski definition) is 2. The van der Waals surface area contributed by atoms with Crippen molar-refractivity contribution in [3.63, 3.8) is 0 Å². The molecule has 3 aromatic rings. The fourth-order valence-electron chi connectivity index (χ4n) is 3.31. The minimum absolute atomic E-state index is 0.0218. The molecule has 1 aliphatic carbocycles. The van der Waals surface area contributed by atoms with Crippen molar-refractivity contribution in [2.45, 2.75) is 52.0 Å². The molecule has 150 valence electrons. The van der Waals surface area contributed by atoms with Crippen molar-refractivity contribution < 1.29 is 4.79 Å². The summed E-state index contributed by atoms with van der Waals surface area (Å²) in [5.74, 6) is 0.643. The van der Waals surface area contributed by atoms with Crippen molar-refractivity contribution in [3.8, 4) is 11.1 Å². The van der Waals surface area contributed by atoms with E-state index in [1.165, 1.54) is 18.4 Å². The Morgan fingerprint density at radius 3 is 2.24 bits per heavy atom. The van der Waals surface area contributed by atoms with Gasteiger partial charge in [-0.1, -0.05) is 74.5 Å². The van der Waals surface area contributed by atoms with Gasteiger partial charge in [0.05, 0.1) is 18.2 Å². The van der Waals surface area contributed by atoms with Gasteiger partial charge in [-0.25, -0.2) is 0 Å². The lowest BCUT2D eigenvalue weighted by Crippen LogP contribution is -2.28. The van der Waals surface area contributed by atoms with Gasteiger partial charge >= 0.3 is 0 Å². The summed E-state index contributed by atoms with van der Waals surface area (Å²) in [5, 5.41) is 3.08. The number of carbonyl (C=O) groups is 1. The van der Waals surface area contributed by atoms with Crippen LogP contribution < -0.4 is 5.32 Å². The van der Waals surface area contributed by atoms with Crippen LogP contribution in [0.25, 0.3) is 11.1 Å². The van der Waals surface area contributed by atoms with Crippen LogP contribution in [-0.4, -0.2) is 10.9 Å². The highest BCUT2D eigenvalue weighted by molar-refractivity contribution is 5.79. The van der Waals surface area contributed by atoms with E-state index in [2.05, 4.69) is 35.6 Å². The van der Waals surface area contributed by atoms with Crippen LogP contribution in [0, 0.1) is 0 Å². The number of benzene rings is 2. The molecule has 0 saturated heterocycles. The van der Waals surface area contributed by atoms with Gasteiger partial charge in [0, 0.05) is 11.6 Å².